The average Bonchev–Trinajstić information content (AvgIpc) is 2.84. The number of hydrogen-bond donors (Lipinski definition) is 0. The summed E-state index contributed by atoms with van der Waals surface area (Å²) in [5.74, 6) is -3.29. The Labute approximate surface area is 297 Å². The molecule has 0 heterocycles. The number of carbonyl (C=O) groups is 2. The van der Waals surface area contributed by atoms with Gasteiger partial charge in [-0.2, -0.15) is 43.2 Å². The van der Waals surface area contributed by atoms with Gasteiger partial charge in [0.25, 0.3) is 0 Å². The summed E-state index contributed by atoms with van der Waals surface area (Å²) in [6, 6.07) is 2.76. The van der Waals surface area contributed by atoms with Crippen molar-refractivity contribution in [3.8, 4) is 34.1 Å². The van der Waals surface area contributed by atoms with Crippen molar-refractivity contribution in [2.24, 2.45) is 0 Å². The van der Waals surface area contributed by atoms with Crippen LogP contribution >= 0.6 is 0 Å². The molecule has 0 bridgehead atoms. The first-order valence-corrected chi connectivity index (χ1v) is 17.9. The maximum absolute atomic E-state index is 13.5. The van der Waals surface area contributed by atoms with Gasteiger partial charge in [0.05, 0.1) is 0 Å². The Morgan fingerprint density at radius 1 is 0.500 bits per heavy atom. The second-order valence-corrected chi connectivity index (χ2v) is 18.4. The highest BCUT2D eigenvalue weighted by molar-refractivity contribution is 7.88. The predicted molar refractivity (Wildman–Crippen MR) is 174 cm³/mol. The average molecular weight is 795 g/mol. The topological polar surface area (TPSA) is 158 Å². The lowest BCUT2D eigenvalue weighted by atomic mass is 9.81. The molecule has 0 aliphatic carbocycles. The van der Waals surface area contributed by atoms with Gasteiger partial charge in [-0.1, -0.05) is 41.5 Å². The first-order valence-electron chi connectivity index (χ1n) is 15.1. The Hall–Kier alpha value is -3.94. The van der Waals surface area contributed by atoms with E-state index in [0.29, 0.717) is 12.1 Å². The molecular weight excluding hydrogens is 754 g/mol. The maximum atomic E-state index is 13.5. The van der Waals surface area contributed by atoms with Crippen molar-refractivity contribution in [3.63, 3.8) is 0 Å². The van der Waals surface area contributed by atoms with Crippen LogP contribution in [0.3, 0.4) is 0 Å². The van der Waals surface area contributed by atoms with Gasteiger partial charge in [0.2, 0.25) is 0 Å². The van der Waals surface area contributed by atoms with Gasteiger partial charge in [0, 0.05) is 22.3 Å². The standard InChI is InChI=1S/C32H40F6O12S2/c1-27(2,3)21-15-17(49-51(41,42)31(33,34)35)13-19(23(21)45-25(39)47-29(7,8)9)20-14-18(50-52(43,44)32(36,37)38)16-22(28(4,5)6)24(20)46-26(40)48-30(10,11)12/h13-16H,1-12H3. The van der Waals surface area contributed by atoms with E-state index in [1.54, 1.807) is 0 Å². The van der Waals surface area contributed by atoms with Crippen molar-refractivity contribution >= 4 is 32.5 Å². The minimum Gasteiger partial charge on any atom is -0.428 e. The lowest BCUT2D eigenvalue weighted by molar-refractivity contribution is -0.0504. The fraction of sp³-hybridized carbons (Fsp3) is 0.562. The molecule has 12 nitrogen and oxygen atoms in total. The lowest BCUT2D eigenvalue weighted by Crippen LogP contribution is -2.29. The Morgan fingerprint density at radius 3 is 0.981 bits per heavy atom. The molecule has 2 aromatic rings. The molecule has 52 heavy (non-hydrogen) atoms. The van der Waals surface area contributed by atoms with E-state index in [4.69, 9.17) is 18.9 Å². The SMILES string of the molecule is CC(C)(C)OC(=O)Oc1c(-c2cc(OS(=O)(=O)C(F)(F)F)cc(C(C)(C)C)c2OC(=O)OC(C)(C)C)cc(OS(=O)(=O)C(F)(F)F)cc1C(C)(C)C. The van der Waals surface area contributed by atoms with Crippen LogP contribution in [-0.4, -0.2) is 51.4 Å². The molecule has 0 atom stereocenters. The normalized spacial score (nSPS) is 13.7. The number of rotatable bonds is 7. The second-order valence-electron chi connectivity index (χ2n) is 15.3. The van der Waals surface area contributed by atoms with Gasteiger partial charge >= 0.3 is 43.6 Å². The van der Waals surface area contributed by atoms with Gasteiger partial charge in [0.15, 0.2) is 0 Å². The van der Waals surface area contributed by atoms with E-state index >= 15 is 0 Å². The minimum atomic E-state index is -6.37. The Balaban J connectivity index is 3.34. The fourth-order valence-corrected chi connectivity index (χ4v) is 4.98. The van der Waals surface area contributed by atoms with Crippen LogP contribution in [0.4, 0.5) is 35.9 Å². The monoisotopic (exact) mass is 794 g/mol. The lowest BCUT2D eigenvalue weighted by Gasteiger charge is -2.29. The van der Waals surface area contributed by atoms with E-state index in [1.165, 1.54) is 83.1 Å². The molecule has 0 saturated carbocycles. The van der Waals surface area contributed by atoms with E-state index in [-0.39, 0.29) is 11.1 Å². The van der Waals surface area contributed by atoms with Crippen molar-refractivity contribution in [3.05, 3.63) is 35.4 Å². The third-order valence-corrected chi connectivity index (χ3v) is 8.12. The molecule has 0 saturated heterocycles. The van der Waals surface area contributed by atoms with Crippen LogP contribution in [0.15, 0.2) is 24.3 Å². The second kappa shape index (κ2) is 14.1. The molecule has 0 aliphatic rings. The van der Waals surface area contributed by atoms with E-state index in [2.05, 4.69) is 8.37 Å². The molecule has 0 N–H and O–H groups in total. The molecule has 0 amide bonds. The molecule has 0 spiro atoms. The van der Waals surface area contributed by atoms with Gasteiger partial charge < -0.3 is 27.3 Å². The van der Waals surface area contributed by atoms with Crippen LogP contribution in [0.5, 0.6) is 23.0 Å². The number of carbonyl (C=O) groups excluding carboxylic acids is 2. The zero-order valence-corrected chi connectivity index (χ0v) is 31.9. The molecular formula is C32H40F6O12S2. The van der Waals surface area contributed by atoms with Crippen molar-refractivity contribution < 1.29 is 80.1 Å². The summed E-state index contributed by atoms with van der Waals surface area (Å²) in [7, 11) is -12.7. The molecule has 294 valence electrons. The molecule has 0 radical (unpaired) electrons. The van der Waals surface area contributed by atoms with Crippen LogP contribution < -0.4 is 17.8 Å². The zero-order chi connectivity index (χ0) is 40.8. The van der Waals surface area contributed by atoms with E-state index in [1.807, 2.05) is 0 Å². The molecule has 20 heteroatoms. The highest BCUT2D eigenvalue weighted by Crippen LogP contribution is 2.50. The summed E-state index contributed by atoms with van der Waals surface area (Å²) in [6.07, 6.45) is -2.82. The van der Waals surface area contributed by atoms with Gasteiger partial charge in [-0.25, -0.2) is 9.59 Å². The van der Waals surface area contributed by atoms with E-state index < -0.39 is 99.7 Å². The molecule has 0 unspecified atom stereocenters. The molecule has 0 aliphatic heterocycles. The van der Waals surface area contributed by atoms with Crippen molar-refractivity contribution in [1.29, 1.82) is 0 Å². The largest absolute Gasteiger partial charge is 0.534 e. The first-order chi connectivity index (χ1) is 22.8. The summed E-state index contributed by atoms with van der Waals surface area (Å²) in [5, 5.41) is 0. The fourth-order valence-electron chi connectivity index (χ4n) is 4.09. The van der Waals surface area contributed by atoms with Gasteiger partial charge in [-0.3, -0.25) is 0 Å². The molecule has 2 aromatic carbocycles. The zero-order valence-electron chi connectivity index (χ0n) is 30.3. The van der Waals surface area contributed by atoms with Crippen LogP contribution in [-0.2, 0) is 40.5 Å². The summed E-state index contributed by atoms with van der Waals surface area (Å²) in [4.78, 5) is 26.2. The van der Waals surface area contributed by atoms with Gasteiger partial charge in [-0.15, -0.1) is 0 Å². The van der Waals surface area contributed by atoms with Crippen LogP contribution in [0.25, 0.3) is 11.1 Å². The smallest absolute Gasteiger partial charge is 0.428 e. The first kappa shape index (κ1) is 44.2. The van der Waals surface area contributed by atoms with Crippen LogP contribution in [0.2, 0.25) is 0 Å². The molecule has 2 rings (SSSR count). The highest BCUT2D eigenvalue weighted by Gasteiger charge is 2.50. The maximum Gasteiger partial charge on any atom is 0.534 e. The molecule has 0 aromatic heterocycles. The Kier molecular flexibility index (Phi) is 12.0. The summed E-state index contributed by atoms with van der Waals surface area (Å²) >= 11 is 0. The summed E-state index contributed by atoms with van der Waals surface area (Å²) < 4.78 is 160. The number of benzene rings is 2. The van der Waals surface area contributed by atoms with Crippen molar-refractivity contribution in [1.82, 2.24) is 0 Å². The third kappa shape index (κ3) is 11.5. The number of halogens is 6. The number of hydrogen-bond acceptors (Lipinski definition) is 12. The van der Waals surface area contributed by atoms with Crippen LogP contribution in [0, 0.1) is 0 Å². The quantitative estimate of drug-likeness (QED) is 0.0862. The van der Waals surface area contributed by atoms with Gasteiger partial charge in [-0.05, 0) is 76.6 Å². The summed E-state index contributed by atoms with van der Waals surface area (Å²) in [6.45, 7) is 17.5. The summed E-state index contributed by atoms with van der Waals surface area (Å²) in [5.41, 5.74) is -18.6. The number of ether oxygens (including phenoxy) is 4. The Morgan fingerprint density at radius 2 is 0.769 bits per heavy atom. The molecule has 0 fully saturated rings. The van der Waals surface area contributed by atoms with Crippen molar-refractivity contribution in [2.75, 3.05) is 0 Å². The van der Waals surface area contributed by atoms with E-state index in [0.717, 1.165) is 12.1 Å². The van der Waals surface area contributed by atoms with Crippen molar-refractivity contribution in [2.45, 2.75) is 116 Å². The Bertz CT molecular complexity index is 1770. The minimum absolute atomic E-state index is 0.238. The van der Waals surface area contributed by atoms with Gasteiger partial charge in [0.1, 0.15) is 34.2 Å². The predicted octanol–water partition coefficient (Wildman–Crippen LogP) is 9.03. The van der Waals surface area contributed by atoms with E-state index in [9.17, 15) is 52.8 Å². The highest BCUT2D eigenvalue weighted by atomic mass is 32.2. The number of alkyl halides is 6. The third-order valence-electron chi connectivity index (χ3n) is 6.16. The van der Waals surface area contributed by atoms with Crippen LogP contribution in [0.1, 0.15) is 94.2 Å².